The molecule has 0 heterocycles. The second-order valence-electron chi connectivity index (χ2n) is 15.7. The molecule has 0 spiro atoms. The Kier molecular flexibility index (Phi) is 7.28. The van der Waals surface area contributed by atoms with Gasteiger partial charge in [-0.15, -0.1) is 0 Å². The van der Waals surface area contributed by atoms with Gasteiger partial charge in [0.15, 0.2) is 0 Å². The van der Waals surface area contributed by atoms with E-state index in [9.17, 15) is 0 Å². The molecule has 1 aliphatic rings. The molecule has 10 aromatic carbocycles. The van der Waals surface area contributed by atoms with Gasteiger partial charge in [-0.2, -0.15) is 0 Å². The van der Waals surface area contributed by atoms with E-state index >= 15 is 0 Å². The molecule has 0 aliphatic heterocycles. The summed E-state index contributed by atoms with van der Waals surface area (Å²) in [5.74, 6) is 0. The molecule has 0 saturated carbocycles. The normalized spacial score (nSPS) is 13.0. The summed E-state index contributed by atoms with van der Waals surface area (Å²) in [7, 11) is 0. The molecule has 0 amide bonds. The van der Waals surface area contributed by atoms with Crippen molar-refractivity contribution in [1.29, 1.82) is 0 Å². The Morgan fingerprint density at radius 1 is 0.304 bits per heavy atom. The van der Waals surface area contributed by atoms with E-state index in [1.807, 2.05) is 0 Å². The minimum Gasteiger partial charge on any atom is -0.310 e. The Balaban J connectivity index is 1.03. The molecule has 10 aromatic rings. The van der Waals surface area contributed by atoms with Crippen LogP contribution < -0.4 is 4.90 Å². The molecule has 56 heavy (non-hydrogen) atoms. The van der Waals surface area contributed by atoms with Crippen molar-refractivity contribution in [2.45, 2.75) is 19.3 Å². The highest BCUT2D eigenvalue weighted by Gasteiger charge is 2.35. The lowest BCUT2D eigenvalue weighted by molar-refractivity contribution is 0.660. The fraction of sp³-hybridized carbons (Fsp3) is 0.0545. The lowest BCUT2D eigenvalue weighted by atomic mass is 9.82. The van der Waals surface area contributed by atoms with Crippen molar-refractivity contribution in [1.82, 2.24) is 0 Å². The number of hydrogen-bond donors (Lipinski definition) is 0. The Bertz CT molecular complexity index is 3160. The van der Waals surface area contributed by atoms with Crippen molar-refractivity contribution >= 4 is 60.2 Å². The monoisotopic (exact) mass is 713 g/mol. The van der Waals surface area contributed by atoms with Crippen LogP contribution in [0.15, 0.2) is 200 Å². The molecule has 0 unspecified atom stereocenters. The molecule has 264 valence electrons. The maximum Gasteiger partial charge on any atom is 0.0468 e. The first-order chi connectivity index (χ1) is 27.5. The maximum absolute atomic E-state index is 2.42. The fourth-order valence-electron chi connectivity index (χ4n) is 9.40. The highest BCUT2D eigenvalue weighted by Crippen LogP contribution is 2.51. The van der Waals surface area contributed by atoms with E-state index in [0.29, 0.717) is 0 Å². The van der Waals surface area contributed by atoms with Crippen molar-refractivity contribution in [2.75, 3.05) is 4.90 Å². The van der Waals surface area contributed by atoms with Gasteiger partial charge in [0.25, 0.3) is 0 Å². The second kappa shape index (κ2) is 12.5. The maximum atomic E-state index is 2.42. The molecule has 0 aromatic heterocycles. The standard InChI is InChI=1S/C55H39N/c1-55(2)53-20-8-7-18-51(53)52-35-44(28-32-54(52)55)56(43-15-9-14-40(34-43)47-19-10-13-37-11-3-5-16-45(37)47)42-26-21-36(22-27-42)39-24-29-48-41(33-39)25-31-49-46-17-6-4-12-38(46)23-30-50(48)49/h3-35H,1-2H3. The van der Waals surface area contributed by atoms with Crippen LogP contribution in [0.1, 0.15) is 25.0 Å². The zero-order valence-electron chi connectivity index (χ0n) is 31.5. The van der Waals surface area contributed by atoms with Crippen LogP contribution in [-0.4, -0.2) is 0 Å². The average molecular weight is 714 g/mol. The van der Waals surface area contributed by atoms with Crippen molar-refractivity contribution in [3.63, 3.8) is 0 Å². The molecule has 1 nitrogen and oxygen atoms in total. The van der Waals surface area contributed by atoms with E-state index in [2.05, 4.69) is 219 Å². The van der Waals surface area contributed by atoms with Crippen LogP contribution in [0.5, 0.6) is 0 Å². The number of benzene rings is 10. The molecule has 1 heteroatoms. The molecule has 11 rings (SSSR count). The van der Waals surface area contributed by atoms with Crippen LogP contribution in [0.2, 0.25) is 0 Å². The minimum atomic E-state index is -0.0504. The third kappa shape index (κ3) is 5.08. The summed E-state index contributed by atoms with van der Waals surface area (Å²) in [4.78, 5) is 2.42. The number of anilines is 3. The van der Waals surface area contributed by atoms with E-state index < -0.39 is 0 Å². The molecule has 0 N–H and O–H groups in total. The van der Waals surface area contributed by atoms with E-state index in [-0.39, 0.29) is 5.41 Å². The Hall–Kier alpha value is -6.96. The van der Waals surface area contributed by atoms with Gasteiger partial charge in [0.05, 0.1) is 0 Å². The molecule has 0 fully saturated rings. The molecular weight excluding hydrogens is 675 g/mol. The quantitative estimate of drug-likeness (QED) is 0.161. The van der Waals surface area contributed by atoms with Gasteiger partial charge >= 0.3 is 0 Å². The Labute approximate surface area is 327 Å². The number of hydrogen-bond acceptors (Lipinski definition) is 1. The first-order valence-corrected chi connectivity index (χ1v) is 19.6. The van der Waals surface area contributed by atoms with Crippen molar-refractivity contribution < 1.29 is 0 Å². The van der Waals surface area contributed by atoms with Crippen LogP contribution in [0.4, 0.5) is 17.1 Å². The number of nitrogens with zero attached hydrogens (tertiary/aromatic N) is 1. The lowest BCUT2D eigenvalue weighted by Gasteiger charge is -2.28. The fourth-order valence-corrected chi connectivity index (χ4v) is 9.40. The van der Waals surface area contributed by atoms with E-state index in [4.69, 9.17) is 0 Å². The summed E-state index contributed by atoms with van der Waals surface area (Å²) in [6.07, 6.45) is 0. The Morgan fingerprint density at radius 2 is 0.875 bits per heavy atom. The molecule has 1 aliphatic carbocycles. The molecule has 0 bridgehead atoms. The summed E-state index contributed by atoms with van der Waals surface area (Å²) in [6, 6.07) is 74.0. The zero-order chi connectivity index (χ0) is 37.4. The predicted molar refractivity (Wildman–Crippen MR) is 240 cm³/mol. The van der Waals surface area contributed by atoms with Crippen molar-refractivity contribution in [3.05, 3.63) is 211 Å². The van der Waals surface area contributed by atoms with Gasteiger partial charge in [-0.25, -0.2) is 0 Å². The van der Waals surface area contributed by atoms with Crippen LogP contribution in [0, 0.1) is 0 Å². The van der Waals surface area contributed by atoms with Gasteiger partial charge < -0.3 is 4.90 Å². The zero-order valence-corrected chi connectivity index (χ0v) is 31.5. The van der Waals surface area contributed by atoms with E-state index in [1.165, 1.54) is 87.6 Å². The van der Waals surface area contributed by atoms with Crippen LogP contribution in [-0.2, 0) is 5.41 Å². The molecule has 0 saturated heterocycles. The smallest absolute Gasteiger partial charge is 0.0468 e. The SMILES string of the molecule is CC1(C)c2ccccc2-c2cc(N(c3ccc(-c4ccc5c(ccc6c7ccccc7ccc56)c4)cc3)c3cccc(-c4cccc5ccccc45)c3)ccc21. The summed E-state index contributed by atoms with van der Waals surface area (Å²) in [5.41, 5.74) is 13.6. The van der Waals surface area contributed by atoms with E-state index in [1.54, 1.807) is 0 Å². The summed E-state index contributed by atoms with van der Waals surface area (Å²) < 4.78 is 0. The van der Waals surface area contributed by atoms with E-state index in [0.717, 1.165) is 17.1 Å². The molecular formula is C55H39N. The highest BCUT2D eigenvalue weighted by molar-refractivity contribution is 6.17. The van der Waals surface area contributed by atoms with Gasteiger partial charge in [0.1, 0.15) is 0 Å². The average Bonchev–Trinajstić information content (AvgIpc) is 3.48. The predicted octanol–water partition coefficient (Wildman–Crippen LogP) is 15.4. The summed E-state index contributed by atoms with van der Waals surface area (Å²) in [5, 5.41) is 10.2. The first-order valence-electron chi connectivity index (χ1n) is 19.6. The first kappa shape index (κ1) is 32.5. The van der Waals surface area contributed by atoms with Gasteiger partial charge in [0.2, 0.25) is 0 Å². The van der Waals surface area contributed by atoms with Gasteiger partial charge in [-0.1, -0.05) is 172 Å². The lowest BCUT2D eigenvalue weighted by Crippen LogP contribution is -2.15. The van der Waals surface area contributed by atoms with Gasteiger partial charge in [-0.3, -0.25) is 0 Å². The molecule has 0 radical (unpaired) electrons. The van der Waals surface area contributed by atoms with Crippen LogP contribution in [0.25, 0.3) is 76.5 Å². The number of rotatable bonds is 5. The molecule has 0 atom stereocenters. The van der Waals surface area contributed by atoms with Crippen molar-refractivity contribution in [2.24, 2.45) is 0 Å². The second-order valence-corrected chi connectivity index (χ2v) is 15.7. The third-order valence-electron chi connectivity index (χ3n) is 12.2. The van der Waals surface area contributed by atoms with Gasteiger partial charge in [-0.05, 0) is 130 Å². The van der Waals surface area contributed by atoms with Crippen molar-refractivity contribution in [3.8, 4) is 33.4 Å². The number of fused-ring (bicyclic) bond motifs is 9. The largest absolute Gasteiger partial charge is 0.310 e. The van der Waals surface area contributed by atoms with Crippen LogP contribution >= 0.6 is 0 Å². The summed E-state index contributed by atoms with van der Waals surface area (Å²) in [6.45, 7) is 4.69. The topological polar surface area (TPSA) is 3.24 Å². The third-order valence-corrected chi connectivity index (χ3v) is 12.2. The highest BCUT2D eigenvalue weighted by atomic mass is 15.1. The minimum absolute atomic E-state index is 0.0504. The van der Waals surface area contributed by atoms with Crippen LogP contribution in [0.3, 0.4) is 0 Å². The van der Waals surface area contributed by atoms with Gasteiger partial charge in [0, 0.05) is 22.5 Å². The summed E-state index contributed by atoms with van der Waals surface area (Å²) >= 11 is 0. The Morgan fingerprint density at radius 3 is 1.71 bits per heavy atom.